The van der Waals surface area contributed by atoms with Gasteiger partial charge in [0, 0.05) is 19.4 Å². The number of aliphatic hydroxyl groups is 1. The van der Waals surface area contributed by atoms with Gasteiger partial charge in [-0.3, -0.25) is 27.6 Å². The molecule has 0 spiro atoms. The lowest BCUT2D eigenvalue weighted by Gasteiger charge is -2.37. The fraction of sp³-hybridized carbons (Fsp3) is 0.533. The Labute approximate surface area is 190 Å². The number of imidazole rings is 1. The van der Waals surface area contributed by atoms with Crippen LogP contribution >= 0.6 is 15.6 Å². The molecule has 2 saturated heterocycles. The van der Waals surface area contributed by atoms with Gasteiger partial charge in [0.05, 0.1) is 19.9 Å². The van der Waals surface area contributed by atoms with Gasteiger partial charge in [0.15, 0.2) is 12.0 Å². The van der Waals surface area contributed by atoms with Crippen LogP contribution in [0, 0.1) is 0 Å². The highest BCUT2D eigenvalue weighted by Crippen LogP contribution is 2.56. The Morgan fingerprint density at radius 1 is 1.44 bits per heavy atom. The SMILES string of the molecule is CN1CN([C@@H]2O[C@@]3(COP(=O)([O-])OP(=O)([O-])n4ccnc4)CO[C@H]2C3O)c2nc(N)[nH]c(=O)c21. The summed E-state index contributed by atoms with van der Waals surface area (Å²) in [7, 11) is -8.86. The van der Waals surface area contributed by atoms with Crippen LogP contribution in [0.15, 0.2) is 23.5 Å². The van der Waals surface area contributed by atoms with Crippen molar-refractivity contribution in [3.63, 3.8) is 0 Å². The molecule has 0 aliphatic carbocycles. The predicted octanol–water partition coefficient (Wildman–Crippen LogP) is -2.86. The zero-order valence-corrected chi connectivity index (χ0v) is 19.2. The van der Waals surface area contributed by atoms with E-state index in [4.69, 9.17) is 19.7 Å². The van der Waals surface area contributed by atoms with Gasteiger partial charge in [-0.2, -0.15) is 4.98 Å². The lowest BCUT2D eigenvalue weighted by atomic mass is 10.0. The third-order valence-electron chi connectivity index (χ3n) is 5.67. The summed E-state index contributed by atoms with van der Waals surface area (Å²) in [5, 5.41) is 10.8. The number of nitrogens with zero attached hydrogens (tertiary/aromatic N) is 5. The van der Waals surface area contributed by atoms with Crippen molar-refractivity contribution in [1.29, 1.82) is 0 Å². The van der Waals surface area contributed by atoms with E-state index in [-0.39, 0.29) is 30.7 Å². The van der Waals surface area contributed by atoms with Crippen molar-refractivity contribution in [2.75, 3.05) is 42.5 Å². The summed E-state index contributed by atoms with van der Waals surface area (Å²) in [5.74, 6) is 0.0646. The van der Waals surface area contributed by atoms with Crippen LogP contribution in [0.2, 0.25) is 0 Å². The summed E-state index contributed by atoms with van der Waals surface area (Å²) in [4.78, 5) is 49.7. The molecule has 186 valence electrons. The van der Waals surface area contributed by atoms with E-state index in [2.05, 4.69) is 19.3 Å². The lowest BCUT2D eigenvalue weighted by molar-refractivity contribution is -0.239. The molecule has 5 rings (SSSR count). The van der Waals surface area contributed by atoms with E-state index in [1.807, 2.05) is 0 Å². The number of H-pyrrole nitrogens is 1. The minimum absolute atomic E-state index is 0.129. The molecule has 0 saturated carbocycles. The number of ether oxygens (including phenoxy) is 2. The number of phosphoric ester groups is 1. The zero-order chi connectivity index (χ0) is 24.5. The van der Waals surface area contributed by atoms with E-state index in [0.717, 1.165) is 18.7 Å². The summed E-state index contributed by atoms with van der Waals surface area (Å²) in [6.45, 7) is -0.906. The highest BCUT2D eigenvalue weighted by atomic mass is 31.3. The van der Waals surface area contributed by atoms with Crippen molar-refractivity contribution in [3.8, 4) is 0 Å². The molecule has 2 fully saturated rings. The van der Waals surface area contributed by atoms with Crippen molar-refractivity contribution in [1.82, 2.24) is 19.3 Å². The minimum Gasteiger partial charge on any atom is -0.761 e. The number of aromatic nitrogens is 4. The van der Waals surface area contributed by atoms with Crippen molar-refractivity contribution in [2.45, 2.75) is 24.0 Å². The molecule has 19 heteroatoms. The van der Waals surface area contributed by atoms with Crippen molar-refractivity contribution < 1.29 is 42.3 Å². The normalized spacial score (nSPS) is 31.5. The molecule has 0 aromatic carbocycles. The molecular formula is C15H19N7O10P2-2. The number of aromatic amines is 1. The maximum Gasteiger partial charge on any atom is 0.278 e. The highest BCUT2D eigenvalue weighted by Gasteiger charge is 2.64. The zero-order valence-electron chi connectivity index (χ0n) is 17.4. The van der Waals surface area contributed by atoms with Gasteiger partial charge in [-0.15, -0.1) is 0 Å². The summed E-state index contributed by atoms with van der Waals surface area (Å²) < 4.78 is 45.3. The topological polar surface area (TPSA) is 233 Å². The first-order chi connectivity index (χ1) is 15.9. The second kappa shape index (κ2) is 7.84. The van der Waals surface area contributed by atoms with E-state index >= 15 is 0 Å². The number of rotatable bonds is 7. The number of hydrogen-bond donors (Lipinski definition) is 3. The van der Waals surface area contributed by atoms with Gasteiger partial charge >= 0.3 is 0 Å². The molecule has 3 aliphatic heterocycles. The van der Waals surface area contributed by atoms with E-state index < -0.39 is 51.8 Å². The summed E-state index contributed by atoms with van der Waals surface area (Å²) in [6.07, 6.45) is -0.340. The standard InChI is InChI=1S/C15H21N7O10P2/c1-20-7-22(11-8(20)12(24)19-14(16)18-11)13-9-10(23)15(31-13,4-29-9)5-30-34(27,28)32-33(25,26)21-3-2-17-6-21/h2-3,6,9-10,13,23H,4-5,7H2,1H3,(H,25,26)(H,27,28)(H3,16,18,19,24)/p-2/t9-,10?,13+,15+/m0/s1. The van der Waals surface area contributed by atoms with Crippen LogP contribution in [0.1, 0.15) is 0 Å². The summed E-state index contributed by atoms with van der Waals surface area (Å²) in [6, 6.07) is 0. The molecule has 2 bridgehead atoms. The highest BCUT2D eigenvalue weighted by molar-refractivity contribution is 7.61. The van der Waals surface area contributed by atoms with Crippen LogP contribution in [0.25, 0.3) is 0 Å². The number of nitrogen functional groups attached to an aromatic ring is 1. The molecule has 3 aliphatic rings. The Morgan fingerprint density at radius 2 is 2.21 bits per heavy atom. The molecule has 6 atom stereocenters. The third-order valence-corrected chi connectivity index (χ3v) is 8.54. The Balaban J connectivity index is 1.33. The first kappa shape index (κ1) is 23.4. The maximum atomic E-state index is 12.3. The van der Waals surface area contributed by atoms with Crippen molar-refractivity contribution >= 4 is 33.0 Å². The number of nitrogens with one attached hydrogen (secondary N) is 1. The molecule has 5 heterocycles. The fourth-order valence-electron chi connectivity index (χ4n) is 4.13. The molecule has 0 amide bonds. The van der Waals surface area contributed by atoms with Gasteiger partial charge < -0.3 is 44.4 Å². The first-order valence-electron chi connectivity index (χ1n) is 9.74. The van der Waals surface area contributed by atoms with Crippen LogP contribution < -0.4 is 30.9 Å². The molecular weight excluding hydrogens is 500 g/mol. The Hall–Kier alpha value is -2.33. The van der Waals surface area contributed by atoms with E-state index in [1.165, 1.54) is 4.90 Å². The van der Waals surface area contributed by atoms with E-state index in [1.54, 1.807) is 11.9 Å². The van der Waals surface area contributed by atoms with Gasteiger partial charge in [0.2, 0.25) is 13.7 Å². The number of anilines is 3. The lowest BCUT2D eigenvalue weighted by Crippen LogP contribution is -2.50. The third kappa shape index (κ3) is 3.75. The number of fused-ring (bicyclic) bond motifs is 3. The number of phosphoric acid groups is 1. The molecule has 34 heavy (non-hydrogen) atoms. The largest absolute Gasteiger partial charge is 0.761 e. The predicted molar refractivity (Wildman–Crippen MR) is 108 cm³/mol. The fourth-order valence-corrected chi connectivity index (χ4v) is 6.45. The second-order valence-corrected chi connectivity index (χ2v) is 11.1. The summed E-state index contributed by atoms with van der Waals surface area (Å²) in [5.41, 5.74) is 3.76. The first-order valence-corrected chi connectivity index (χ1v) is 12.7. The van der Waals surface area contributed by atoms with Crippen LogP contribution in [-0.2, 0) is 27.4 Å². The molecule has 3 unspecified atom stereocenters. The van der Waals surface area contributed by atoms with Gasteiger partial charge in [-0.1, -0.05) is 0 Å². The maximum absolute atomic E-state index is 12.3. The van der Waals surface area contributed by atoms with Gasteiger partial charge in [-0.25, -0.2) is 4.98 Å². The molecule has 4 N–H and O–H groups in total. The summed E-state index contributed by atoms with van der Waals surface area (Å²) >= 11 is 0. The molecule has 0 radical (unpaired) electrons. The number of aliphatic hydroxyl groups excluding tert-OH is 1. The van der Waals surface area contributed by atoms with Crippen LogP contribution in [0.4, 0.5) is 17.5 Å². The second-order valence-electron chi connectivity index (χ2n) is 7.94. The monoisotopic (exact) mass is 519 g/mol. The molecule has 17 nitrogen and oxygen atoms in total. The van der Waals surface area contributed by atoms with Gasteiger partial charge in [0.1, 0.15) is 29.8 Å². The van der Waals surface area contributed by atoms with Crippen molar-refractivity contribution in [3.05, 3.63) is 29.1 Å². The van der Waals surface area contributed by atoms with Gasteiger partial charge in [-0.05, 0) is 0 Å². The average molecular weight is 519 g/mol. The Kier molecular flexibility index (Phi) is 5.40. The number of nitrogens with two attached hydrogens (primary N) is 1. The average Bonchev–Trinajstić information content (AvgIpc) is 3.50. The molecule has 2 aromatic heterocycles. The molecule has 2 aromatic rings. The quantitative estimate of drug-likeness (QED) is 0.312. The van der Waals surface area contributed by atoms with Gasteiger partial charge in [0.25, 0.3) is 13.4 Å². The van der Waals surface area contributed by atoms with Crippen LogP contribution in [0.5, 0.6) is 0 Å². The van der Waals surface area contributed by atoms with Crippen LogP contribution in [0.3, 0.4) is 0 Å². The Bertz CT molecular complexity index is 1260. The van der Waals surface area contributed by atoms with Crippen LogP contribution in [-0.4, -0.2) is 75.4 Å². The van der Waals surface area contributed by atoms with Crippen molar-refractivity contribution in [2.24, 2.45) is 0 Å². The minimum atomic E-state index is -5.41. The number of hydrogen-bond acceptors (Lipinski definition) is 15. The Morgan fingerprint density at radius 3 is 2.91 bits per heavy atom. The smallest absolute Gasteiger partial charge is 0.278 e. The van der Waals surface area contributed by atoms with E-state index in [9.17, 15) is 28.8 Å². The van der Waals surface area contributed by atoms with E-state index in [0.29, 0.717) is 4.34 Å².